The fourth-order valence-corrected chi connectivity index (χ4v) is 1.80. The normalized spacial score (nSPS) is 15.7. The van der Waals surface area contributed by atoms with Crippen LogP contribution in [0.5, 0.6) is 0 Å². The molecule has 0 amide bonds. The molecule has 8 heteroatoms. The summed E-state index contributed by atoms with van der Waals surface area (Å²) in [7, 11) is 0. The molecule has 1 aliphatic rings. The van der Waals surface area contributed by atoms with Gasteiger partial charge in [0.25, 0.3) is 0 Å². The third-order valence-corrected chi connectivity index (χ3v) is 3.42. The Labute approximate surface area is 116 Å². The van der Waals surface area contributed by atoms with Crippen LogP contribution in [0.25, 0.3) is 0 Å². The molecule has 0 unspecified atom stereocenters. The molecule has 0 aliphatic heterocycles. The lowest BCUT2D eigenvalue weighted by Gasteiger charge is -2.13. The van der Waals surface area contributed by atoms with E-state index in [9.17, 15) is 15.2 Å². The van der Waals surface area contributed by atoms with Crippen molar-refractivity contribution in [3.8, 4) is 0 Å². The maximum absolute atomic E-state index is 11.0. The van der Waals surface area contributed by atoms with Gasteiger partial charge in [0.05, 0.1) is 11.5 Å². The van der Waals surface area contributed by atoms with Gasteiger partial charge in [0.2, 0.25) is 11.8 Å². The molecule has 0 bridgehead atoms. The summed E-state index contributed by atoms with van der Waals surface area (Å²) in [6.07, 6.45) is 3.97. The van der Waals surface area contributed by atoms with Gasteiger partial charge in [-0.25, -0.2) is 4.98 Å². The minimum Gasteiger partial charge on any atom is -0.396 e. The average Bonchev–Trinajstić information content (AvgIpc) is 3.23. The molecule has 0 spiro atoms. The van der Waals surface area contributed by atoms with Crippen LogP contribution in [0.1, 0.15) is 26.2 Å². The molecule has 0 aromatic carbocycles. The molecule has 0 atom stereocenters. The molecular formula is C12H19N5O3. The Kier molecular flexibility index (Phi) is 4.33. The average molecular weight is 281 g/mol. The SMILES string of the molecule is CCCNc1ncc([N+](=O)[O-])c(NCC2(CO)CC2)n1. The smallest absolute Gasteiger partial charge is 0.329 e. The molecule has 0 radical (unpaired) electrons. The number of nitro groups is 1. The van der Waals surface area contributed by atoms with Gasteiger partial charge in [-0.05, 0) is 19.3 Å². The maximum atomic E-state index is 11.0. The van der Waals surface area contributed by atoms with Gasteiger partial charge in [-0.3, -0.25) is 10.1 Å². The highest BCUT2D eigenvalue weighted by Gasteiger charge is 2.42. The highest BCUT2D eigenvalue weighted by Crippen LogP contribution is 2.45. The topological polar surface area (TPSA) is 113 Å². The predicted octanol–water partition coefficient (Wildman–Crippen LogP) is 1.39. The van der Waals surface area contributed by atoms with E-state index >= 15 is 0 Å². The zero-order chi connectivity index (χ0) is 14.6. The summed E-state index contributed by atoms with van der Waals surface area (Å²) in [5.74, 6) is 0.567. The summed E-state index contributed by atoms with van der Waals surface area (Å²) in [6.45, 7) is 3.28. The Morgan fingerprint density at radius 3 is 2.80 bits per heavy atom. The predicted molar refractivity (Wildman–Crippen MR) is 74.7 cm³/mol. The van der Waals surface area contributed by atoms with Gasteiger partial charge in [-0.15, -0.1) is 0 Å². The molecule has 20 heavy (non-hydrogen) atoms. The van der Waals surface area contributed by atoms with E-state index < -0.39 is 4.92 Å². The number of rotatable bonds is 8. The fraction of sp³-hybridized carbons (Fsp3) is 0.667. The van der Waals surface area contributed by atoms with Crippen LogP contribution < -0.4 is 10.6 Å². The number of hydrogen-bond acceptors (Lipinski definition) is 7. The van der Waals surface area contributed by atoms with Crippen LogP contribution >= 0.6 is 0 Å². The number of anilines is 2. The first-order valence-electron chi connectivity index (χ1n) is 6.70. The summed E-state index contributed by atoms with van der Waals surface area (Å²) in [6, 6.07) is 0. The largest absolute Gasteiger partial charge is 0.396 e. The van der Waals surface area contributed by atoms with Crippen molar-refractivity contribution >= 4 is 17.5 Å². The minimum absolute atomic E-state index is 0.0832. The van der Waals surface area contributed by atoms with E-state index in [1.165, 1.54) is 6.20 Å². The van der Waals surface area contributed by atoms with Crippen molar-refractivity contribution in [2.45, 2.75) is 26.2 Å². The first-order chi connectivity index (χ1) is 9.60. The van der Waals surface area contributed by atoms with Gasteiger partial charge in [-0.1, -0.05) is 6.92 Å². The molecule has 3 N–H and O–H groups in total. The van der Waals surface area contributed by atoms with Gasteiger partial charge in [-0.2, -0.15) is 4.98 Å². The van der Waals surface area contributed by atoms with Crippen LogP contribution in [0.15, 0.2) is 6.20 Å². The molecule has 1 aromatic heterocycles. The van der Waals surface area contributed by atoms with Crippen molar-refractivity contribution in [1.29, 1.82) is 0 Å². The third-order valence-electron chi connectivity index (χ3n) is 3.42. The molecule has 1 saturated carbocycles. The summed E-state index contributed by atoms with van der Waals surface area (Å²) < 4.78 is 0. The van der Waals surface area contributed by atoms with E-state index in [1.54, 1.807) is 0 Å². The van der Waals surface area contributed by atoms with E-state index in [1.807, 2.05) is 6.92 Å². The second kappa shape index (κ2) is 6.00. The summed E-state index contributed by atoms with van der Waals surface area (Å²) in [4.78, 5) is 18.5. The maximum Gasteiger partial charge on any atom is 0.329 e. The highest BCUT2D eigenvalue weighted by molar-refractivity contribution is 5.57. The summed E-state index contributed by atoms with van der Waals surface area (Å²) >= 11 is 0. The zero-order valence-corrected chi connectivity index (χ0v) is 11.4. The number of aromatic nitrogens is 2. The van der Waals surface area contributed by atoms with Crippen molar-refractivity contribution in [2.75, 3.05) is 30.3 Å². The number of hydrogen-bond donors (Lipinski definition) is 3. The second-order valence-electron chi connectivity index (χ2n) is 5.12. The van der Waals surface area contributed by atoms with Gasteiger partial charge in [0.1, 0.15) is 6.20 Å². The second-order valence-corrected chi connectivity index (χ2v) is 5.12. The molecule has 1 heterocycles. The van der Waals surface area contributed by atoms with Crippen LogP contribution in [-0.2, 0) is 0 Å². The Bertz CT molecular complexity index is 490. The van der Waals surface area contributed by atoms with Gasteiger partial charge in [0.15, 0.2) is 0 Å². The van der Waals surface area contributed by atoms with Crippen molar-refractivity contribution in [2.24, 2.45) is 5.41 Å². The van der Waals surface area contributed by atoms with E-state index in [0.717, 1.165) is 19.3 Å². The first-order valence-corrected chi connectivity index (χ1v) is 6.70. The van der Waals surface area contributed by atoms with Crippen LogP contribution in [0, 0.1) is 15.5 Å². The number of aliphatic hydroxyl groups excluding tert-OH is 1. The molecule has 0 saturated heterocycles. The molecule has 110 valence electrons. The minimum atomic E-state index is -0.509. The fourth-order valence-electron chi connectivity index (χ4n) is 1.80. The van der Waals surface area contributed by atoms with E-state index in [2.05, 4.69) is 20.6 Å². The lowest BCUT2D eigenvalue weighted by molar-refractivity contribution is -0.384. The standard InChI is InChI=1S/C12H19N5O3/c1-2-5-13-11-14-6-9(17(19)20)10(16-11)15-7-12(8-18)3-4-12/h6,18H,2-5,7-8H2,1H3,(H2,13,14,15,16). The quantitative estimate of drug-likeness (QED) is 0.487. The lowest BCUT2D eigenvalue weighted by Crippen LogP contribution is -2.20. The molecule has 1 aliphatic carbocycles. The monoisotopic (exact) mass is 281 g/mol. The number of aliphatic hydroxyl groups is 1. The van der Waals surface area contributed by atoms with E-state index in [0.29, 0.717) is 19.0 Å². The van der Waals surface area contributed by atoms with Crippen molar-refractivity contribution in [1.82, 2.24) is 9.97 Å². The van der Waals surface area contributed by atoms with Gasteiger partial charge in [0, 0.05) is 18.5 Å². The Balaban J connectivity index is 2.11. The number of nitrogens with one attached hydrogen (secondary N) is 2. The lowest BCUT2D eigenvalue weighted by atomic mass is 10.1. The van der Waals surface area contributed by atoms with Gasteiger partial charge < -0.3 is 15.7 Å². The Hall–Kier alpha value is -1.96. The molecule has 1 aromatic rings. The molecular weight excluding hydrogens is 262 g/mol. The highest BCUT2D eigenvalue weighted by atomic mass is 16.6. The number of nitrogens with zero attached hydrogens (tertiary/aromatic N) is 3. The molecule has 2 rings (SSSR count). The van der Waals surface area contributed by atoms with Crippen molar-refractivity contribution in [3.63, 3.8) is 0 Å². The third kappa shape index (κ3) is 3.32. The summed E-state index contributed by atoms with van der Waals surface area (Å²) in [5.41, 5.74) is -0.295. The van der Waals surface area contributed by atoms with Crippen LogP contribution in [-0.4, -0.2) is 39.7 Å². The van der Waals surface area contributed by atoms with Crippen molar-refractivity contribution < 1.29 is 10.0 Å². The Morgan fingerprint density at radius 1 is 1.50 bits per heavy atom. The van der Waals surface area contributed by atoms with Crippen LogP contribution in [0.4, 0.5) is 17.5 Å². The van der Waals surface area contributed by atoms with Gasteiger partial charge >= 0.3 is 5.69 Å². The van der Waals surface area contributed by atoms with Crippen LogP contribution in [0.2, 0.25) is 0 Å². The Morgan fingerprint density at radius 2 is 2.25 bits per heavy atom. The zero-order valence-electron chi connectivity index (χ0n) is 11.4. The van der Waals surface area contributed by atoms with E-state index in [4.69, 9.17) is 0 Å². The molecule has 1 fully saturated rings. The molecule has 8 nitrogen and oxygen atoms in total. The van der Waals surface area contributed by atoms with E-state index in [-0.39, 0.29) is 23.5 Å². The first kappa shape index (κ1) is 14.4. The van der Waals surface area contributed by atoms with Crippen LogP contribution in [0.3, 0.4) is 0 Å². The summed E-state index contributed by atoms with van der Waals surface area (Å²) in [5, 5.41) is 26.2. The van der Waals surface area contributed by atoms with Crippen molar-refractivity contribution in [3.05, 3.63) is 16.3 Å².